The molecule has 2 aromatic heterocycles. The molecule has 0 amide bonds. The lowest BCUT2D eigenvalue weighted by Crippen LogP contribution is -2.48. The van der Waals surface area contributed by atoms with Crippen LogP contribution in [0.1, 0.15) is 32.5 Å². The van der Waals surface area contributed by atoms with Gasteiger partial charge in [-0.15, -0.1) is 24.0 Å². The number of nitrogens with zero attached hydrogens (tertiary/aromatic N) is 5. The first-order valence-corrected chi connectivity index (χ1v) is 10.1. The Morgan fingerprint density at radius 1 is 1.40 bits per heavy atom. The molecule has 0 aliphatic carbocycles. The Balaban J connectivity index is 0.00000320. The maximum atomic E-state index is 12.1. The van der Waals surface area contributed by atoms with Crippen LogP contribution in [0.5, 0.6) is 0 Å². The molecule has 1 N–H and O–H groups in total. The number of carbonyl (C=O) groups is 1. The number of guanidine groups is 1. The standard InChI is InChI=1S/C20H28N6O3.HI/c1-3-21-20(26-13-7-8-15(14-26)19(27)28-4-2)23-12-10-17-24-18(29-25-17)16-9-5-6-11-22-16;/h5-6,9,11,15H,3-4,7-8,10,12-14H2,1-2H3,(H,21,23);1H. The molecule has 0 spiro atoms. The Morgan fingerprint density at radius 2 is 2.27 bits per heavy atom. The number of likely N-dealkylation sites (tertiary alicyclic amines) is 1. The van der Waals surface area contributed by atoms with Crippen LogP contribution in [0, 0.1) is 5.92 Å². The summed E-state index contributed by atoms with van der Waals surface area (Å²) >= 11 is 0. The topological polar surface area (TPSA) is 106 Å². The number of halogens is 1. The summed E-state index contributed by atoms with van der Waals surface area (Å²) in [7, 11) is 0. The molecule has 0 radical (unpaired) electrons. The molecule has 0 aromatic carbocycles. The largest absolute Gasteiger partial charge is 0.466 e. The molecule has 3 heterocycles. The predicted molar refractivity (Wildman–Crippen MR) is 124 cm³/mol. The number of nitrogens with one attached hydrogen (secondary N) is 1. The van der Waals surface area contributed by atoms with Crippen LogP contribution in [-0.4, -0.2) is 64.7 Å². The van der Waals surface area contributed by atoms with E-state index in [4.69, 9.17) is 14.3 Å². The number of rotatable bonds is 7. The van der Waals surface area contributed by atoms with Crippen LogP contribution in [0.25, 0.3) is 11.6 Å². The van der Waals surface area contributed by atoms with Gasteiger partial charge in [-0.2, -0.15) is 4.98 Å². The Morgan fingerprint density at radius 3 is 3.00 bits per heavy atom. The van der Waals surface area contributed by atoms with Crippen LogP contribution in [0.2, 0.25) is 0 Å². The summed E-state index contributed by atoms with van der Waals surface area (Å²) in [5.74, 6) is 1.57. The lowest BCUT2D eigenvalue weighted by molar-refractivity contribution is -0.149. The molecular weight excluding hydrogens is 499 g/mol. The highest BCUT2D eigenvalue weighted by molar-refractivity contribution is 14.0. The number of carbonyl (C=O) groups excluding carboxylic acids is 1. The zero-order valence-corrected chi connectivity index (χ0v) is 19.7. The van der Waals surface area contributed by atoms with Crippen LogP contribution in [0.4, 0.5) is 0 Å². The molecule has 2 aromatic rings. The van der Waals surface area contributed by atoms with Crippen molar-refractivity contribution in [3.05, 3.63) is 30.2 Å². The Bertz CT molecular complexity index is 814. The maximum absolute atomic E-state index is 12.1. The molecule has 1 unspecified atom stereocenters. The number of esters is 1. The second-order valence-electron chi connectivity index (χ2n) is 6.75. The zero-order valence-electron chi connectivity index (χ0n) is 17.4. The molecule has 0 bridgehead atoms. The predicted octanol–water partition coefficient (Wildman–Crippen LogP) is 2.53. The van der Waals surface area contributed by atoms with Gasteiger partial charge in [-0.25, -0.2) is 0 Å². The summed E-state index contributed by atoms with van der Waals surface area (Å²) < 4.78 is 10.5. The lowest BCUT2D eigenvalue weighted by Gasteiger charge is -2.34. The summed E-state index contributed by atoms with van der Waals surface area (Å²) in [6, 6.07) is 5.54. The first-order chi connectivity index (χ1) is 14.2. The minimum absolute atomic E-state index is 0. The summed E-state index contributed by atoms with van der Waals surface area (Å²) in [5, 5.41) is 7.32. The average molecular weight is 528 g/mol. The molecule has 1 fully saturated rings. The van der Waals surface area contributed by atoms with E-state index in [1.165, 1.54) is 0 Å². The minimum Gasteiger partial charge on any atom is -0.466 e. The smallest absolute Gasteiger partial charge is 0.310 e. The van der Waals surface area contributed by atoms with Crippen molar-refractivity contribution in [1.82, 2.24) is 25.3 Å². The molecule has 1 aliphatic heterocycles. The third-order valence-electron chi connectivity index (χ3n) is 4.62. The fourth-order valence-electron chi connectivity index (χ4n) is 3.26. The highest BCUT2D eigenvalue weighted by Crippen LogP contribution is 2.18. The molecule has 164 valence electrons. The molecule has 10 heteroatoms. The third kappa shape index (κ3) is 6.64. The van der Waals surface area contributed by atoms with Crippen LogP contribution < -0.4 is 5.32 Å². The Hall–Kier alpha value is -2.24. The van der Waals surface area contributed by atoms with Crippen molar-refractivity contribution in [2.45, 2.75) is 33.1 Å². The van der Waals surface area contributed by atoms with E-state index in [2.05, 4.69) is 25.3 Å². The van der Waals surface area contributed by atoms with Gasteiger partial charge in [-0.3, -0.25) is 14.8 Å². The Labute approximate surface area is 193 Å². The molecular formula is C20H29IN6O3. The summed E-state index contributed by atoms with van der Waals surface area (Å²) in [5.41, 5.74) is 0.654. The van der Waals surface area contributed by atoms with Gasteiger partial charge in [0.15, 0.2) is 11.8 Å². The van der Waals surface area contributed by atoms with Gasteiger partial charge in [-0.1, -0.05) is 11.2 Å². The number of pyridine rings is 1. The van der Waals surface area contributed by atoms with Gasteiger partial charge in [0.2, 0.25) is 0 Å². The van der Waals surface area contributed by atoms with Crippen molar-refractivity contribution in [3.8, 4) is 11.6 Å². The number of hydrogen-bond donors (Lipinski definition) is 1. The quantitative estimate of drug-likeness (QED) is 0.253. The second kappa shape index (κ2) is 12.5. The number of ether oxygens (including phenoxy) is 1. The van der Waals surface area contributed by atoms with Gasteiger partial charge in [0, 0.05) is 38.8 Å². The number of aromatic nitrogens is 3. The van der Waals surface area contributed by atoms with E-state index in [0.29, 0.717) is 43.5 Å². The van der Waals surface area contributed by atoms with E-state index >= 15 is 0 Å². The fraction of sp³-hybridized carbons (Fsp3) is 0.550. The van der Waals surface area contributed by atoms with Crippen molar-refractivity contribution < 1.29 is 14.1 Å². The van der Waals surface area contributed by atoms with Crippen LogP contribution >= 0.6 is 24.0 Å². The fourth-order valence-corrected chi connectivity index (χ4v) is 3.26. The molecule has 3 rings (SSSR count). The van der Waals surface area contributed by atoms with E-state index in [9.17, 15) is 4.79 Å². The van der Waals surface area contributed by atoms with Gasteiger partial charge in [0.25, 0.3) is 5.89 Å². The molecule has 1 atom stereocenters. The molecule has 30 heavy (non-hydrogen) atoms. The minimum atomic E-state index is -0.123. The summed E-state index contributed by atoms with van der Waals surface area (Å²) in [4.78, 5) is 27.5. The molecule has 0 saturated carbocycles. The van der Waals surface area contributed by atoms with Gasteiger partial charge in [-0.05, 0) is 38.8 Å². The molecule has 1 aliphatic rings. The highest BCUT2D eigenvalue weighted by Gasteiger charge is 2.28. The van der Waals surface area contributed by atoms with Crippen LogP contribution in [0.15, 0.2) is 33.9 Å². The first-order valence-electron chi connectivity index (χ1n) is 10.1. The first kappa shape index (κ1) is 24.0. The van der Waals surface area contributed by atoms with E-state index in [0.717, 1.165) is 31.9 Å². The maximum Gasteiger partial charge on any atom is 0.310 e. The van der Waals surface area contributed by atoms with Crippen molar-refractivity contribution in [2.75, 3.05) is 32.8 Å². The summed E-state index contributed by atoms with van der Waals surface area (Å²) in [6.45, 7) is 7.04. The van der Waals surface area contributed by atoms with Crippen molar-refractivity contribution >= 4 is 35.9 Å². The number of aliphatic imine (C=N–C) groups is 1. The third-order valence-corrected chi connectivity index (χ3v) is 4.62. The van der Waals surface area contributed by atoms with E-state index in [-0.39, 0.29) is 35.9 Å². The van der Waals surface area contributed by atoms with E-state index in [1.807, 2.05) is 32.0 Å². The van der Waals surface area contributed by atoms with Crippen LogP contribution in [-0.2, 0) is 16.0 Å². The zero-order chi connectivity index (χ0) is 20.5. The second-order valence-corrected chi connectivity index (χ2v) is 6.75. The van der Waals surface area contributed by atoms with Crippen molar-refractivity contribution in [2.24, 2.45) is 10.9 Å². The molecule has 9 nitrogen and oxygen atoms in total. The van der Waals surface area contributed by atoms with Crippen molar-refractivity contribution in [3.63, 3.8) is 0 Å². The van der Waals surface area contributed by atoms with Crippen LogP contribution in [0.3, 0.4) is 0 Å². The van der Waals surface area contributed by atoms with E-state index in [1.54, 1.807) is 6.20 Å². The lowest BCUT2D eigenvalue weighted by atomic mass is 9.98. The van der Waals surface area contributed by atoms with Gasteiger partial charge in [0.05, 0.1) is 12.5 Å². The number of piperidine rings is 1. The van der Waals surface area contributed by atoms with E-state index < -0.39 is 0 Å². The van der Waals surface area contributed by atoms with Gasteiger partial charge < -0.3 is 19.5 Å². The normalized spacial score (nSPS) is 16.7. The Kier molecular flexibility index (Phi) is 9.98. The van der Waals surface area contributed by atoms with Crippen molar-refractivity contribution in [1.29, 1.82) is 0 Å². The monoisotopic (exact) mass is 528 g/mol. The number of hydrogen-bond acceptors (Lipinski definition) is 7. The SMILES string of the molecule is CCNC(=NCCc1noc(-c2ccccn2)n1)N1CCCC(C(=O)OCC)C1.I. The highest BCUT2D eigenvalue weighted by atomic mass is 127. The van der Waals surface area contributed by atoms with Gasteiger partial charge >= 0.3 is 5.97 Å². The molecule has 1 saturated heterocycles. The summed E-state index contributed by atoms with van der Waals surface area (Å²) in [6.07, 6.45) is 4.04. The van der Waals surface area contributed by atoms with Gasteiger partial charge in [0.1, 0.15) is 5.69 Å². The average Bonchev–Trinajstić information content (AvgIpc) is 3.23.